The first-order valence-corrected chi connectivity index (χ1v) is 7.67. The van der Waals surface area contributed by atoms with Crippen LogP contribution < -0.4 is 0 Å². The number of rotatable bonds is 5. The number of aromatic nitrogens is 4. The molecule has 0 amide bonds. The SMILES string of the molecule is CCCCc1oc(-c2ccc(Cl)cc2)nc1-c1n[nH]nc1C#N. The zero-order valence-corrected chi connectivity index (χ0v) is 13.3. The Balaban J connectivity index is 2.07. The Morgan fingerprint density at radius 1 is 1.22 bits per heavy atom. The highest BCUT2D eigenvalue weighted by atomic mass is 35.5. The van der Waals surface area contributed by atoms with Crippen molar-refractivity contribution in [3.05, 3.63) is 40.7 Å². The molecule has 2 aromatic heterocycles. The second-order valence-corrected chi connectivity index (χ2v) is 5.47. The number of nitriles is 1. The highest BCUT2D eigenvalue weighted by Crippen LogP contribution is 2.30. The van der Waals surface area contributed by atoms with Crippen molar-refractivity contribution in [1.82, 2.24) is 20.4 Å². The Morgan fingerprint density at radius 2 is 2.00 bits per heavy atom. The van der Waals surface area contributed by atoms with Crippen molar-refractivity contribution in [2.75, 3.05) is 0 Å². The summed E-state index contributed by atoms with van der Waals surface area (Å²) >= 11 is 5.92. The van der Waals surface area contributed by atoms with Gasteiger partial charge in [-0.15, -0.1) is 5.10 Å². The van der Waals surface area contributed by atoms with E-state index in [1.54, 1.807) is 12.1 Å². The van der Waals surface area contributed by atoms with Gasteiger partial charge in [0.15, 0.2) is 11.4 Å². The summed E-state index contributed by atoms with van der Waals surface area (Å²) in [5.74, 6) is 1.19. The van der Waals surface area contributed by atoms with Gasteiger partial charge in [-0.3, -0.25) is 0 Å². The van der Waals surface area contributed by atoms with Gasteiger partial charge in [0.1, 0.15) is 17.5 Å². The topological polar surface area (TPSA) is 91.4 Å². The summed E-state index contributed by atoms with van der Waals surface area (Å²) < 4.78 is 5.92. The minimum Gasteiger partial charge on any atom is -0.440 e. The van der Waals surface area contributed by atoms with Crippen LogP contribution in [0.3, 0.4) is 0 Å². The molecule has 7 heteroatoms. The fourth-order valence-corrected chi connectivity index (χ4v) is 2.36. The Hall–Kier alpha value is -2.65. The first-order chi connectivity index (χ1) is 11.2. The van der Waals surface area contributed by atoms with Crippen molar-refractivity contribution < 1.29 is 4.42 Å². The van der Waals surface area contributed by atoms with Crippen molar-refractivity contribution in [2.45, 2.75) is 26.2 Å². The van der Waals surface area contributed by atoms with Crippen LogP contribution in [-0.4, -0.2) is 20.4 Å². The molecule has 23 heavy (non-hydrogen) atoms. The number of nitrogens with one attached hydrogen (secondary N) is 1. The van der Waals surface area contributed by atoms with E-state index in [1.807, 2.05) is 18.2 Å². The second-order valence-electron chi connectivity index (χ2n) is 5.03. The number of aromatic amines is 1. The molecule has 1 aromatic carbocycles. The van der Waals surface area contributed by atoms with Gasteiger partial charge in [-0.1, -0.05) is 24.9 Å². The number of nitrogens with zero attached hydrogens (tertiary/aromatic N) is 4. The minimum absolute atomic E-state index is 0.207. The molecule has 3 rings (SSSR count). The molecular formula is C16H14ClN5O. The largest absolute Gasteiger partial charge is 0.440 e. The molecule has 0 saturated heterocycles. The number of H-pyrrole nitrogens is 1. The van der Waals surface area contributed by atoms with Crippen molar-refractivity contribution >= 4 is 11.6 Å². The fourth-order valence-electron chi connectivity index (χ4n) is 2.23. The second kappa shape index (κ2) is 6.63. The van der Waals surface area contributed by atoms with Gasteiger partial charge in [-0.25, -0.2) is 4.98 Å². The van der Waals surface area contributed by atoms with E-state index in [0.29, 0.717) is 28.1 Å². The summed E-state index contributed by atoms with van der Waals surface area (Å²) in [6, 6.07) is 9.26. The monoisotopic (exact) mass is 327 g/mol. The van der Waals surface area contributed by atoms with E-state index in [2.05, 4.69) is 27.3 Å². The molecule has 0 saturated carbocycles. The predicted octanol–water partition coefficient (Wildman–Crippen LogP) is 3.99. The molecule has 0 aliphatic rings. The summed E-state index contributed by atoms with van der Waals surface area (Å²) in [6.45, 7) is 2.10. The standard InChI is InChI=1S/C16H14ClN5O/c1-2-3-4-13-15(14-12(9-18)20-22-21-14)19-16(23-13)10-5-7-11(17)8-6-10/h5-8H,2-4H2,1H3,(H,20,21,22). The van der Waals surface area contributed by atoms with Crippen LogP contribution in [0.1, 0.15) is 31.2 Å². The highest BCUT2D eigenvalue weighted by Gasteiger charge is 2.21. The molecule has 6 nitrogen and oxygen atoms in total. The van der Waals surface area contributed by atoms with Crippen molar-refractivity contribution in [1.29, 1.82) is 5.26 Å². The normalized spacial score (nSPS) is 10.7. The molecule has 0 aliphatic carbocycles. The molecular weight excluding hydrogens is 314 g/mol. The maximum absolute atomic E-state index is 9.14. The number of halogens is 1. The number of unbranched alkanes of at least 4 members (excludes halogenated alkanes) is 1. The molecule has 0 unspecified atom stereocenters. The van der Waals surface area contributed by atoms with Gasteiger partial charge in [-0.2, -0.15) is 15.6 Å². The Morgan fingerprint density at radius 3 is 2.70 bits per heavy atom. The van der Waals surface area contributed by atoms with Gasteiger partial charge in [0.2, 0.25) is 5.89 Å². The van der Waals surface area contributed by atoms with E-state index in [0.717, 1.165) is 24.8 Å². The molecule has 0 radical (unpaired) electrons. The van der Waals surface area contributed by atoms with Crippen LogP contribution >= 0.6 is 11.6 Å². The number of hydrogen-bond donors (Lipinski definition) is 1. The third kappa shape index (κ3) is 3.10. The highest BCUT2D eigenvalue weighted by molar-refractivity contribution is 6.30. The third-order valence-electron chi connectivity index (χ3n) is 3.42. The average Bonchev–Trinajstić information content (AvgIpc) is 3.19. The molecule has 3 aromatic rings. The Bertz CT molecular complexity index is 844. The summed E-state index contributed by atoms with van der Waals surface area (Å²) in [5, 5.41) is 20.1. The molecule has 116 valence electrons. The summed E-state index contributed by atoms with van der Waals surface area (Å²) in [7, 11) is 0. The molecule has 1 N–H and O–H groups in total. The average molecular weight is 328 g/mol. The van der Waals surface area contributed by atoms with Gasteiger partial charge in [0.25, 0.3) is 0 Å². The maximum atomic E-state index is 9.14. The molecule has 0 spiro atoms. The molecule has 0 bridgehead atoms. The molecule has 0 atom stereocenters. The fraction of sp³-hybridized carbons (Fsp3) is 0.250. The minimum atomic E-state index is 0.207. The van der Waals surface area contributed by atoms with Gasteiger partial charge in [0, 0.05) is 17.0 Å². The van der Waals surface area contributed by atoms with Gasteiger partial charge in [0.05, 0.1) is 0 Å². The number of hydrogen-bond acceptors (Lipinski definition) is 5. The van der Waals surface area contributed by atoms with Crippen LogP contribution in [0.5, 0.6) is 0 Å². The maximum Gasteiger partial charge on any atom is 0.226 e. The molecule has 2 heterocycles. The van der Waals surface area contributed by atoms with E-state index in [9.17, 15) is 0 Å². The molecule has 0 aliphatic heterocycles. The van der Waals surface area contributed by atoms with E-state index in [1.165, 1.54) is 0 Å². The zero-order valence-electron chi connectivity index (χ0n) is 12.5. The van der Waals surface area contributed by atoms with Gasteiger partial charge < -0.3 is 4.42 Å². The Labute approximate surface area is 138 Å². The first-order valence-electron chi connectivity index (χ1n) is 7.29. The number of oxazole rings is 1. The quantitative estimate of drug-likeness (QED) is 0.764. The lowest BCUT2D eigenvalue weighted by Gasteiger charge is -1.97. The summed E-state index contributed by atoms with van der Waals surface area (Å²) in [4.78, 5) is 4.53. The lowest BCUT2D eigenvalue weighted by Crippen LogP contribution is -1.90. The molecule has 0 fully saturated rings. The van der Waals surface area contributed by atoms with Gasteiger partial charge >= 0.3 is 0 Å². The van der Waals surface area contributed by atoms with Crippen LogP contribution in [0.2, 0.25) is 5.02 Å². The number of benzene rings is 1. The smallest absolute Gasteiger partial charge is 0.226 e. The lowest BCUT2D eigenvalue weighted by atomic mass is 10.1. The summed E-state index contributed by atoms with van der Waals surface area (Å²) in [5.41, 5.74) is 2.01. The Kier molecular flexibility index (Phi) is 4.40. The number of aryl methyl sites for hydroxylation is 1. The van der Waals surface area contributed by atoms with Crippen molar-refractivity contribution in [2.24, 2.45) is 0 Å². The predicted molar refractivity (Wildman–Crippen MR) is 85.7 cm³/mol. The summed E-state index contributed by atoms with van der Waals surface area (Å²) in [6.07, 6.45) is 2.71. The van der Waals surface area contributed by atoms with E-state index in [4.69, 9.17) is 21.3 Å². The van der Waals surface area contributed by atoms with Crippen LogP contribution in [0.25, 0.3) is 22.8 Å². The van der Waals surface area contributed by atoms with Crippen molar-refractivity contribution in [3.63, 3.8) is 0 Å². The zero-order chi connectivity index (χ0) is 16.2. The van der Waals surface area contributed by atoms with Gasteiger partial charge in [-0.05, 0) is 30.7 Å². The van der Waals surface area contributed by atoms with E-state index in [-0.39, 0.29) is 5.69 Å². The van der Waals surface area contributed by atoms with E-state index < -0.39 is 0 Å². The first kappa shape index (κ1) is 15.3. The lowest BCUT2D eigenvalue weighted by molar-refractivity contribution is 0.509. The van der Waals surface area contributed by atoms with Crippen molar-refractivity contribution in [3.8, 4) is 28.9 Å². The third-order valence-corrected chi connectivity index (χ3v) is 3.68. The van der Waals surface area contributed by atoms with Crippen LogP contribution in [-0.2, 0) is 6.42 Å². The van der Waals surface area contributed by atoms with Crippen LogP contribution in [0.15, 0.2) is 28.7 Å². The van der Waals surface area contributed by atoms with Crippen LogP contribution in [0.4, 0.5) is 0 Å². The van der Waals surface area contributed by atoms with E-state index >= 15 is 0 Å². The van der Waals surface area contributed by atoms with Crippen LogP contribution in [0, 0.1) is 11.3 Å².